The summed E-state index contributed by atoms with van der Waals surface area (Å²) in [4.78, 5) is 32.3. The Balaban J connectivity index is 0.00000220. The van der Waals surface area contributed by atoms with Crippen molar-refractivity contribution in [3.8, 4) is 0 Å². The quantitative estimate of drug-likeness (QED) is 0.185. The van der Waals surface area contributed by atoms with Gasteiger partial charge in [-0.25, -0.2) is 15.0 Å². The zero-order chi connectivity index (χ0) is 36.7. The number of amides is 1. The van der Waals surface area contributed by atoms with Gasteiger partial charge in [0.05, 0.1) is 34.9 Å². The number of anilines is 3. The van der Waals surface area contributed by atoms with Crippen molar-refractivity contribution < 1.29 is 31.1 Å². The predicted molar refractivity (Wildman–Crippen MR) is 185 cm³/mol. The van der Waals surface area contributed by atoms with Crippen LogP contribution in [0, 0.1) is 11.8 Å². The summed E-state index contributed by atoms with van der Waals surface area (Å²) in [5.41, 5.74) is 0.433. The van der Waals surface area contributed by atoms with Gasteiger partial charge in [0.25, 0.3) is 0 Å². The molecule has 3 aromatic rings. The molecule has 2 aromatic heterocycles. The van der Waals surface area contributed by atoms with Crippen LogP contribution < -0.4 is 14.7 Å². The number of hydrogen-bond acceptors (Lipinski definition) is 6. The van der Waals surface area contributed by atoms with E-state index in [9.17, 15) is 31.1 Å². The van der Waals surface area contributed by atoms with Crippen LogP contribution in [0.15, 0.2) is 36.7 Å². The van der Waals surface area contributed by atoms with Crippen molar-refractivity contribution in [3.05, 3.63) is 70.2 Å². The lowest BCUT2D eigenvalue weighted by atomic mass is 9.90. The summed E-state index contributed by atoms with van der Waals surface area (Å²) in [6.07, 6.45) is 0.487. The zero-order valence-corrected chi connectivity index (χ0v) is 29.7. The molecule has 1 amide bonds. The maximum Gasteiger partial charge on any atom is 0.416 e. The molecule has 0 bridgehead atoms. The van der Waals surface area contributed by atoms with Crippen molar-refractivity contribution in [2.75, 3.05) is 34.3 Å². The smallest absolute Gasteiger partial charge is 0.356 e. The van der Waals surface area contributed by atoms with E-state index in [-0.39, 0.29) is 42.0 Å². The number of carbonyl (C=O) groups excluding carboxylic acids is 1. The molecule has 7 nitrogen and oxygen atoms in total. The Bertz CT molecular complexity index is 1670. The number of halogens is 6. The van der Waals surface area contributed by atoms with Crippen LogP contribution in [0.3, 0.4) is 0 Å². The van der Waals surface area contributed by atoms with Gasteiger partial charge in [-0.2, -0.15) is 26.3 Å². The van der Waals surface area contributed by atoms with Crippen LogP contribution in [0.1, 0.15) is 106 Å². The molecular formula is C38H46F6N6O. The highest BCUT2D eigenvalue weighted by molar-refractivity contribution is 5.95. The minimum absolute atomic E-state index is 0.0555. The zero-order valence-electron chi connectivity index (χ0n) is 29.7. The van der Waals surface area contributed by atoms with Crippen molar-refractivity contribution in [2.45, 2.75) is 110 Å². The predicted octanol–water partition coefficient (Wildman–Crippen LogP) is 9.12. The summed E-state index contributed by atoms with van der Waals surface area (Å²) in [6.45, 7) is 10.4. The number of pyridine rings is 1. The third kappa shape index (κ3) is 8.60. The van der Waals surface area contributed by atoms with Gasteiger partial charge in [-0.05, 0) is 92.2 Å². The maximum atomic E-state index is 13.9. The van der Waals surface area contributed by atoms with Gasteiger partial charge in [0, 0.05) is 50.1 Å². The summed E-state index contributed by atoms with van der Waals surface area (Å²) < 4.78 is 83.2. The number of aromatic nitrogens is 3. The second-order valence-electron chi connectivity index (χ2n) is 14.8. The second-order valence-corrected chi connectivity index (χ2v) is 14.8. The van der Waals surface area contributed by atoms with Gasteiger partial charge in [-0.3, -0.25) is 4.79 Å². The summed E-state index contributed by atoms with van der Waals surface area (Å²) in [6, 6.07) is 3.79. The molecule has 0 radical (unpaired) electrons. The molecule has 51 heavy (non-hydrogen) atoms. The number of alkyl halides is 6. The van der Waals surface area contributed by atoms with E-state index in [0.717, 1.165) is 86.4 Å². The lowest BCUT2D eigenvalue weighted by molar-refractivity contribution is -0.143. The monoisotopic (exact) mass is 716 g/mol. The van der Waals surface area contributed by atoms with Gasteiger partial charge in [0.2, 0.25) is 11.9 Å². The van der Waals surface area contributed by atoms with Crippen LogP contribution in [0.25, 0.3) is 0 Å². The highest BCUT2D eigenvalue weighted by Gasteiger charge is 2.39. The Morgan fingerprint density at radius 2 is 1.41 bits per heavy atom. The highest BCUT2D eigenvalue weighted by atomic mass is 19.4. The Kier molecular flexibility index (Phi) is 10.3. The van der Waals surface area contributed by atoms with Crippen LogP contribution in [0.2, 0.25) is 0 Å². The number of carbonyl (C=O) groups is 1. The van der Waals surface area contributed by atoms with Gasteiger partial charge in [-0.1, -0.05) is 27.7 Å². The van der Waals surface area contributed by atoms with E-state index >= 15 is 0 Å². The van der Waals surface area contributed by atoms with Crippen molar-refractivity contribution in [1.29, 1.82) is 0 Å². The van der Waals surface area contributed by atoms with E-state index in [4.69, 9.17) is 4.98 Å². The van der Waals surface area contributed by atoms with Gasteiger partial charge in [0.15, 0.2) is 0 Å². The second kappa shape index (κ2) is 14.3. The average molecular weight is 717 g/mol. The topological polar surface area (TPSA) is 65.5 Å². The number of rotatable bonds is 11. The van der Waals surface area contributed by atoms with Gasteiger partial charge in [-0.15, -0.1) is 0 Å². The van der Waals surface area contributed by atoms with Crippen molar-refractivity contribution in [1.82, 2.24) is 15.0 Å². The molecule has 0 unspecified atom stereocenters. The number of aryl methyl sites for hydroxylation is 1. The molecule has 3 heterocycles. The molecule has 276 valence electrons. The summed E-state index contributed by atoms with van der Waals surface area (Å²) in [7, 11) is 0. The Labute approximate surface area is 295 Å². The molecule has 3 aliphatic carbocycles. The third-order valence-corrected chi connectivity index (χ3v) is 10.1. The third-order valence-electron chi connectivity index (χ3n) is 10.1. The lowest BCUT2D eigenvalue weighted by Crippen LogP contribution is -2.33. The molecule has 0 N–H and O–H groups in total. The first-order chi connectivity index (χ1) is 24.1. The fraction of sp³-hybridized carbons (Fsp3) is 0.579. The van der Waals surface area contributed by atoms with E-state index in [1.165, 1.54) is 12.4 Å². The minimum Gasteiger partial charge on any atom is -0.356 e. The standard InChI is InChI=1S/C36H40F6N6O.C2H6/c1-34(2)10-9-25-14-26(32(45-31(25)34)46(18-22-5-6-22)19-23-7-8-23)21-47(33-43-16-29(17-44-33)48-11-3-4-30(48)49)20-24-12-27(35(37,38)39)15-28(13-24)36(40,41)42;1-2/h12-17,22-23H,3-11,18-21H2,1-2H3;1-2H3. The highest BCUT2D eigenvalue weighted by Crippen LogP contribution is 2.43. The van der Waals surface area contributed by atoms with Crippen LogP contribution in [-0.4, -0.2) is 40.5 Å². The van der Waals surface area contributed by atoms with Crippen molar-refractivity contribution in [2.24, 2.45) is 11.8 Å². The first kappa shape index (κ1) is 36.9. The minimum atomic E-state index is -4.97. The molecule has 2 saturated carbocycles. The number of fused-ring (bicyclic) bond motifs is 1. The largest absolute Gasteiger partial charge is 0.416 e. The normalized spacial score (nSPS) is 18.4. The Hall–Kier alpha value is -3.90. The molecule has 13 heteroatoms. The molecule has 3 fully saturated rings. The molecule has 7 rings (SSSR count). The molecule has 1 aliphatic heterocycles. The fourth-order valence-corrected chi connectivity index (χ4v) is 7.07. The maximum absolute atomic E-state index is 13.9. The number of hydrogen-bond donors (Lipinski definition) is 0. The summed E-state index contributed by atoms with van der Waals surface area (Å²) in [5.74, 6) is 2.03. The molecule has 0 atom stereocenters. The van der Waals surface area contributed by atoms with E-state index in [1.54, 1.807) is 9.80 Å². The van der Waals surface area contributed by atoms with Crippen molar-refractivity contribution in [3.63, 3.8) is 0 Å². The SMILES string of the molecule is CC.CC1(C)CCc2cc(CN(Cc3cc(C(F)(F)F)cc(C(F)(F)F)c3)c3ncc(N4CCCC4=O)cn3)c(N(CC3CC3)CC3CC3)nc21. The summed E-state index contributed by atoms with van der Waals surface area (Å²) >= 11 is 0. The Morgan fingerprint density at radius 1 is 0.824 bits per heavy atom. The van der Waals surface area contributed by atoms with E-state index in [1.807, 2.05) is 13.8 Å². The molecule has 0 spiro atoms. The fourth-order valence-electron chi connectivity index (χ4n) is 7.07. The first-order valence-corrected chi connectivity index (χ1v) is 18.1. The van der Waals surface area contributed by atoms with Gasteiger partial charge >= 0.3 is 12.4 Å². The van der Waals surface area contributed by atoms with Crippen LogP contribution in [-0.2, 0) is 42.1 Å². The average Bonchev–Trinajstić information content (AvgIpc) is 4.02. The van der Waals surface area contributed by atoms with Gasteiger partial charge in [0.1, 0.15) is 5.82 Å². The first-order valence-electron chi connectivity index (χ1n) is 18.1. The van der Waals surface area contributed by atoms with Crippen LogP contribution in [0.5, 0.6) is 0 Å². The molecule has 1 saturated heterocycles. The van der Waals surface area contributed by atoms with E-state index < -0.39 is 23.5 Å². The van der Waals surface area contributed by atoms with Crippen LogP contribution >= 0.6 is 0 Å². The van der Waals surface area contributed by atoms with Crippen LogP contribution in [0.4, 0.5) is 43.8 Å². The Morgan fingerprint density at radius 3 is 1.92 bits per heavy atom. The number of benzene rings is 1. The molecular weight excluding hydrogens is 670 g/mol. The molecule has 1 aromatic carbocycles. The lowest BCUT2D eigenvalue weighted by Gasteiger charge is -2.31. The van der Waals surface area contributed by atoms with Gasteiger partial charge < -0.3 is 14.7 Å². The number of nitrogens with zero attached hydrogens (tertiary/aromatic N) is 6. The van der Waals surface area contributed by atoms with E-state index in [2.05, 4.69) is 34.8 Å². The molecule has 4 aliphatic rings. The van der Waals surface area contributed by atoms with E-state index in [0.29, 0.717) is 36.9 Å². The van der Waals surface area contributed by atoms with Crippen molar-refractivity contribution >= 4 is 23.4 Å². The summed E-state index contributed by atoms with van der Waals surface area (Å²) in [5, 5.41) is 0.